The molecule has 4 N–H and O–H groups in total. The molecule has 0 bridgehead atoms. The van der Waals surface area contributed by atoms with Gasteiger partial charge in [0.05, 0.1) is 0 Å². The molecule has 0 unspecified atom stereocenters. The molecule has 110 valence electrons. The van der Waals surface area contributed by atoms with Gasteiger partial charge in [0.15, 0.2) is 5.84 Å². The molecule has 0 spiro atoms. The van der Waals surface area contributed by atoms with Crippen molar-refractivity contribution in [3.63, 3.8) is 0 Å². The Labute approximate surface area is 129 Å². The number of amidine groups is 1. The first-order valence-electron chi connectivity index (χ1n) is 6.66. The van der Waals surface area contributed by atoms with Crippen LogP contribution in [0.25, 0.3) is 0 Å². The van der Waals surface area contributed by atoms with Gasteiger partial charge < -0.3 is 16.3 Å². The van der Waals surface area contributed by atoms with E-state index in [0.717, 1.165) is 16.1 Å². The minimum Gasteiger partial charge on any atom is -0.409 e. The van der Waals surface area contributed by atoms with Crippen LogP contribution in [-0.4, -0.2) is 11.0 Å². The largest absolute Gasteiger partial charge is 0.409 e. The fourth-order valence-electron chi connectivity index (χ4n) is 2.11. The number of oxime groups is 1. The molecule has 2 rings (SSSR count). The normalized spacial score (nSPS) is 13.1. The van der Waals surface area contributed by atoms with Gasteiger partial charge in [-0.25, -0.2) is 0 Å². The summed E-state index contributed by atoms with van der Waals surface area (Å²) in [6.45, 7) is 2.73. The fourth-order valence-corrected chi connectivity index (χ4v) is 2.40. The first-order chi connectivity index (χ1) is 10.1. The Balaban J connectivity index is 2.05. The number of hydrogen-bond acceptors (Lipinski definition) is 3. The zero-order chi connectivity index (χ0) is 15.2. The molecule has 0 saturated heterocycles. The molecule has 0 fully saturated rings. The quantitative estimate of drug-likeness (QED) is 0.343. The van der Waals surface area contributed by atoms with Gasteiger partial charge in [0.25, 0.3) is 0 Å². The van der Waals surface area contributed by atoms with Crippen LogP contribution >= 0.6 is 11.6 Å². The van der Waals surface area contributed by atoms with Crippen molar-refractivity contribution in [2.75, 3.05) is 0 Å². The molecule has 1 atom stereocenters. The Morgan fingerprint density at radius 1 is 1.29 bits per heavy atom. The predicted octanol–water partition coefficient (Wildman–Crippen LogP) is 3.29. The van der Waals surface area contributed by atoms with Crippen molar-refractivity contribution < 1.29 is 5.21 Å². The predicted molar refractivity (Wildman–Crippen MR) is 85.7 cm³/mol. The standard InChI is InChI=1S/C16H18ClN3O/c1-11(14-7-2-3-8-15(14)17)19-10-12-5-4-6-13(9-12)16(18)20-21/h2-9,11,19,21H,10H2,1H3,(H2,18,20)/t11-/m0/s1. The average molecular weight is 304 g/mol. The number of rotatable bonds is 5. The number of nitrogens with one attached hydrogen (secondary N) is 1. The van der Waals surface area contributed by atoms with E-state index in [1.54, 1.807) is 6.07 Å². The van der Waals surface area contributed by atoms with Crippen molar-refractivity contribution in [3.05, 3.63) is 70.2 Å². The highest BCUT2D eigenvalue weighted by atomic mass is 35.5. The van der Waals surface area contributed by atoms with Crippen LogP contribution in [0.2, 0.25) is 5.02 Å². The van der Waals surface area contributed by atoms with E-state index in [2.05, 4.69) is 17.4 Å². The zero-order valence-corrected chi connectivity index (χ0v) is 12.5. The van der Waals surface area contributed by atoms with Crippen LogP contribution < -0.4 is 11.1 Å². The number of halogens is 1. The summed E-state index contributed by atoms with van der Waals surface area (Å²) < 4.78 is 0. The fraction of sp³-hybridized carbons (Fsp3) is 0.188. The summed E-state index contributed by atoms with van der Waals surface area (Å²) in [5, 5.41) is 15.9. The summed E-state index contributed by atoms with van der Waals surface area (Å²) >= 11 is 6.19. The van der Waals surface area contributed by atoms with Crippen molar-refractivity contribution in [3.8, 4) is 0 Å². The molecular weight excluding hydrogens is 286 g/mol. The highest BCUT2D eigenvalue weighted by Gasteiger charge is 2.08. The molecule has 0 aliphatic carbocycles. The molecule has 0 heterocycles. The summed E-state index contributed by atoms with van der Waals surface area (Å²) in [7, 11) is 0. The molecule has 0 aliphatic rings. The van der Waals surface area contributed by atoms with Gasteiger partial charge >= 0.3 is 0 Å². The second kappa shape index (κ2) is 7.11. The van der Waals surface area contributed by atoms with E-state index < -0.39 is 0 Å². The monoisotopic (exact) mass is 303 g/mol. The average Bonchev–Trinajstić information content (AvgIpc) is 2.52. The molecule has 2 aromatic rings. The van der Waals surface area contributed by atoms with Crippen LogP contribution in [0.1, 0.15) is 29.7 Å². The lowest BCUT2D eigenvalue weighted by Gasteiger charge is -2.16. The highest BCUT2D eigenvalue weighted by Crippen LogP contribution is 2.22. The highest BCUT2D eigenvalue weighted by molar-refractivity contribution is 6.31. The smallest absolute Gasteiger partial charge is 0.170 e. The third-order valence-electron chi connectivity index (χ3n) is 3.31. The molecule has 0 aliphatic heterocycles. The molecule has 5 heteroatoms. The van der Waals surface area contributed by atoms with Gasteiger partial charge in [-0.15, -0.1) is 0 Å². The van der Waals surface area contributed by atoms with Gasteiger partial charge in [0, 0.05) is 23.2 Å². The molecule has 2 aromatic carbocycles. The van der Waals surface area contributed by atoms with E-state index in [-0.39, 0.29) is 11.9 Å². The van der Waals surface area contributed by atoms with Crippen molar-refractivity contribution in [1.29, 1.82) is 0 Å². The maximum absolute atomic E-state index is 8.71. The van der Waals surface area contributed by atoms with Crippen LogP contribution in [0.5, 0.6) is 0 Å². The molecule has 0 saturated carbocycles. The number of nitrogens with two attached hydrogens (primary N) is 1. The third kappa shape index (κ3) is 3.97. The van der Waals surface area contributed by atoms with Crippen LogP contribution in [0, 0.1) is 0 Å². The van der Waals surface area contributed by atoms with Crippen LogP contribution in [-0.2, 0) is 6.54 Å². The van der Waals surface area contributed by atoms with Gasteiger partial charge in [0.2, 0.25) is 0 Å². The molecule has 21 heavy (non-hydrogen) atoms. The lowest BCUT2D eigenvalue weighted by Crippen LogP contribution is -2.19. The maximum atomic E-state index is 8.71. The molecule has 0 amide bonds. The molecule has 0 aromatic heterocycles. The Bertz CT molecular complexity index is 643. The lowest BCUT2D eigenvalue weighted by molar-refractivity contribution is 0.318. The van der Waals surface area contributed by atoms with Gasteiger partial charge in [-0.1, -0.05) is 53.2 Å². The van der Waals surface area contributed by atoms with Crippen LogP contribution in [0.15, 0.2) is 53.7 Å². The van der Waals surface area contributed by atoms with E-state index in [4.69, 9.17) is 22.5 Å². The second-order valence-electron chi connectivity index (χ2n) is 4.81. The number of nitrogens with zero attached hydrogens (tertiary/aromatic N) is 1. The van der Waals surface area contributed by atoms with Gasteiger partial charge in [-0.3, -0.25) is 0 Å². The number of benzene rings is 2. The van der Waals surface area contributed by atoms with E-state index in [0.29, 0.717) is 12.1 Å². The SMILES string of the molecule is C[C@H](NCc1cccc(/C(N)=N/O)c1)c1ccccc1Cl. The maximum Gasteiger partial charge on any atom is 0.170 e. The molecular formula is C16H18ClN3O. The Kier molecular flexibility index (Phi) is 5.20. The minimum atomic E-state index is 0.107. The first kappa shape index (κ1) is 15.4. The molecule has 4 nitrogen and oxygen atoms in total. The second-order valence-corrected chi connectivity index (χ2v) is 5.22. The Hall–Kier alpha value is -2.04. The van der Waals surface area contributed by atoms with Gasteiger partial charge in [-0.2, -0.15) is 0 Å². The lowest BCUT2D eigenvalue weighted by atomic mass is 10.1. The van der Waals surface area contributed by atoms with Crippen LogP contribution in [0.4, 0.5) is 0 Å². The van der Waals surface area contributed by atoms with Crippen LogP contribution in [0.3, 0.4) is 0 Å². The minimum absolute atomic E-state index is 0.107. The van der Waals surface area contributed by atoms with Crippen molar-refractivity contribution in [2.24, 2.45) is 10.9 Å². The van der Waals surface area contributed by atoms with Crippen molar-refractivity contribution >= 4 is 17.4 Å². The van der Waals surface area contributed by atoms with Gasteiger partial charge in [-0.05, 0) is 30.2 Å². The third-order valence-corrected chi connectivity index (χ3v) is 3.66. The summed E-state index contributed by atoms with van der Waals surface area (Å²) in [6.07, 6.45) is 0. The van der Waals surface area contributed by atoms with Crippen molar-refractivity contribution in [2.45, 2.75) is 19.5 Å². The Morgan fingerprint density at radius 2 is 2.05 bits per heavy atom. The van der Waals surface area contributed by atoms with E-state index in [9.17, 15) is 0 Å². The van der Waals surface area contributed by atoms with E-state index >= 15 is 0 Å². The van der Waals surface area contributed by atoms with E-state index in [1.165, 1.54) is 0 Å². The summed E-state index contributed by atoms with van der Waals surface area (Å²) in [4.78, 5) is 0. The van der Waals surface area contributed by atoms with Crippen molar-refractivity contribution in [1.82, 2.24) is 5.32 Å². The topological polar surface area (TPSA) is 70.6 Å². The summed E-state index contributed by atoms with van der Waals surface area (Å²) in [5.41, 5.74) is 8.40. The van der Waals surface area contributed by atoms with Gasteiger partial charge in [0.1, 0.15) is 0 Å². The Morgan fingerprint density at radius 3 is 2.76 bits per heavy atom. The summed E-state index contributed by atoms with van der Waals surface area (Å²) in [5.74, 6) is 0.107. The van der Waals surface area contributed by atoms with E-state index in [1.807, 2.05) is 42.5 Å². The number of hydrogen-bond donors (Lipinski definition) is 3. The summed E-state index contributed by atoms with van der Waals surface area (Å²) in [6, 6.07) is 15.5. The zero-order valence-electron chi connectivity index (χ0n) is 11.8. The first-order valence-corrected chi connectivity index (χ1v) is 7.04. The molecule has 0 radical (unpaired) electrons.